The molecule has 1 aliphatic rings. The van der Waals surface area contributed by atoms with Crippen LogP contribution in [0.5, 0.6) is 0 Å². The van der Waals surface area contributed by atoms with Crippen LogP contribution in [-0.4, -0.2) is 23.3 Å². The Bertz CT molecular complexity index is 435. The van der Waals surface area contributed by atoms with Gasteiger partial charge in [-0.15, -0.1) is 0 Å². The topological polar surface area (TPSA) is 80.5 Å². The second-order valence-corrected chi connectivity index (χ2v) is 3.40. The van der Waals surface area contributed by atoms with Gasteiger partial charge in [-0.1, -0.05) is 0 Å². The molecule has 0 bridgehead atoms. The number of hydrogen-bond acceptors (Lipinski definition) is 5. The van der Waals surface area contributed by atoms with Crippen LogP contribution in [0.4, 0.5) is 11.6 Å². The minimum atomic E-state index is 0.440. The van der Waals surface area contributed by atoms with Gasteiger partial charge in [0.05, 0.1) is 0 Å². The highest BCUT2D eigenvalue weighted by Gasteiger charge is 2.09. The average molecular weight is 203 g/mol. The van der Waals surface area contributed by atoms with Gasteiger partial charge in [-0.05, 0) is 17.7 Å². The fourth-order valence-corrected chi connectivity index (χ4v) is 1.52. The summed E-state index contributed by atoms with van der Waals surface area (Å²) in [6.07, 6.45) is 4.54. The second-order valence-electron chi connectivity index (χ2n) is 3.40. The third kappa shape index (κ3) is 1.90. The van der Waals surface area contributed by atoms with Crippen LogP contribution in [0.1, 0.15) is 12.0 Å². The van der Waals surface area contributed by atoms with E-state index in [1.807, 2.05) is 25.5 Å². The minimum absolute atomic E-state index is 0.440. The monoisotopic (exact) mass is 203 g/mol. The van der Waals surface area contributed by atoms with Gasteiger partial charge in [-0.25, -0.2) is 4.98 Å². The van der Waals surface area contributed by atoms with E-state index in [9.17, 15) is 0 Å². The lowest BCUT2D eigenvalue weighted by atomic mass is 10.0. The number of anilines is 2. The van der Waals surface area contributed by atoms with Crippen molar-refractivity contribution in [1.29, 1.82) is 0 Å². The zero-order valence-electron chi connectivity index (χ0n) is 8.51. The summed E-state index contributed by atoms with van der Waals surface area (Å²) in [5, 5.41) is 5.84. The lowest BCUT2D eigenvalue weighted by Gasteiger charge is -2.16. The van der Waals surface area contributed by atoms with Gasteiger partial charge in [0, 0.05) is 31.4 Å². The van der Waals surface area contributed by atoms with Crippen molar-refractivity contribution in [3.63, 3.8) is 0 Å². The summed E-state index contributed by atoms with van der Waals surface area (Å²) in [5.41, 5.74) is 13.4. The van der Waals surface area contributed by atoms with Gasteiger partial charge in [0.1, 0.15) is 11.6 Å². The third-order valence-corrected chi connectivity index (χ3v) is 2.21. The molecule has 5 nitrogen and oxygen atoms in total. The zero-order chi connectivity index (χ0) is 10.8. The summed E-state index contributed by atoms with van der Waals surface area (Å²) in [6.45, 7) is 0. The molecule has 0 atom stereocenters. The molecular formula is C10H13N5. The van der Waals surface area contributed by atoms with E-state index in [0.29, 0.717) is 11.6 Å². The predicted molar refractivity (Wildman–Crippen MR) is 61.9 cm³/mol. The van der Waals surface area contributed by atoms with Gasteiger partial charge in [0.25, 0.3) is 0 Å². The van der Waals surface area contributed by atoms with Gasteiger partial charge in [0.15, 0.2) is 0 Å². The van der Waals surface area contributed by atoms with Crippen molar-refractivity contribution in [2.45, 2.75) is 6.42 Å². The third-order valence-electron chi connectivity index (χ3n) is 2.21. The van der Waals surface area contributed by atoms with E-state index in [2.05, 4.69) is 10.1 Å². The minimum Gasteiger partial charge on any atom is -0.384 e. The SMILES string of the molecule is CN1C=C(c2ccc(N)nc2N)CC=N1. The molecule has 0 aliphatic carbocycles. The number of allylic oxidation sites excluding steroid dienone is 1. The van der Waals surface area contributed by atoms with E-state index in [-0.39, 0.29) is 0 Å². The summed E-state index contributed by atoms with van der Waals surface area (Å²) in [7, 11) is 1.87. The van der Waals surface area contributed by atoms with Crippen LogP contribution >= 0.6 is 0 Å². The van der Waals surface area contributed by atoms with E-state index in [1.54, 1.807) is 11.1 Å². The van der Waals surface area contributed by atoms with Crippen molar-refractivity contribution in [2.75, 3.05) is 18.5 Å². The molecule has 78 valence electrons. The van der Waals surface area contributed by atoms with Crippen LogP contribution in [0.25, 0.3) is 5.57 Å². The lowest BCUT2D eigenvalue weighted by Crippen LogP contribution is -2.09. The summed E-state index contributed by atoms with van der Waals surface area (Å²) in [6, 6.07) is 3.63. The molecule has 2 heterocycles. The van der Waals surface area contributed by atoms with Crippen LogP contribution < -0.4 is 11.5 Å². The van der Waals surface area contributed by atoms with Crippen LogP contribution in [0.15, 0.2) is 23.4 Å². The number of rotatable bonds is 1. The van der Waals surface area contributed by atoms with Crippen LogP contribution in [0.2, 0.25) is 0 Å². The number of pyridine rings is 1. The van der Waals surface area contributed by atoms with Crippen molar-refractivity contribution in [1.82, 2.24) is 9.99 Å². The van der Waals surface area contributed by atoms with E-state index >= 15 is 0 Å². The Morgan fingerprint density at radius 2 is 2.13 bits per heavy atom. The maximum atomic E-state index is 5.80. The Morgan fingerprint density at radius 1 is 1.33 bits per heavy atom. The molecule has 0 radical (unpaired) electrons. The Morgan fingerprint density at radius 3 is 2.80 bits per heavy atom. The molecule has 1 aliphatic heterocycles. The summed E-state index contributed by atoms with van der Waals surface area (Å²) < 4.78 is 0. The van der Waals surface area contributed by atoms with Crippen molar-refractivity contribution in [3.05, 3.63) is 23.9 Å². The quantitative estimate of drug-likeness (QED) is 0.710. The molecule has 0 fully saturated rings. The fourth-order valence-electron chi connectivity index (χ4n) is 1.52. The smallest absolute Gasteiger partial charge is 0.133 e. The molecule has 0 unspecified atom stereocenters. The number of hydrazone groups is 1. The highest BCUT2D eigenvalue weighted by atomic mass is 15.4. The van der Waals surface area contributed by atoms with Gasteiger partial charge < -0.3 is 11.5 Å². The number of hydrogen-bond donors (Lipinski definition) is 2. The first-order chi connectivity index (χ1) is 7.16. The van der Waals surface area contributed by atoms with Crippen LogP contribution in [-0.2, 0) is 0 Å². The average Bonchev–Trinajstić information content (AvgIpc) is 2.17. The van der Waals surface area contributed by atoms with Crippen molar-refractivity contribution < 1.29 is 0 Å². The molecule has 0 aromatic carbocycles. The molecular weight excluding hydrogens is 190 g/mol. The van der Waals surface area contributed by atoms with Crippen LogP contribution in [0.3, 0.4) is 0 Å². The predicted octanol–water partition coefficient (Wildman–Crippen LogP) is 0.908. The fraction of sp³-hybridized carbons (Fsp3) is 0.200. The first-order valence-corrected chi connectivity index (χ1v) is 4.65. The van der Waals surface area contributed by atoms with Crippen LogP contribution in [0, 0.1) is 0 Å². The Labute approximate surface area is 88.1 Å². The second kappa shape index (κ2) is 3.61. The molecule has 4 N–H and O–H groups in total. The normalized spacial score (nSPS) is 15.3. The standard InChI is InChI=1S/C10H13N5/c1-15-6-7(4-5-13-15)8-2-3-9(11)14-10(8)12/h2-3,5-6H,4H2,1H3,(H4,11,12,14). The first-order valence-electron chi connectivity index (χ1n) is 4.65. The van der Waals surface area contributed by atoms with E-state index in [1.165, 1.54) is 0 Å². The molecule has 5 heteroatoms. The Hall–Kier alpha value is -2.04. The molecule has 0 spiro atoms. The molecule has 2 rings (SSSR count). The number of aromatic nitrogens is 1. The van der Waals surface area contributed by atoms with E-state index in [4.69, 9.17) is 11.5 Å². The molecule has 0 saturated carbocycles. The summed E-state index contributed by atoms with van der Waals surface area (Å²) in [4.78, 5) is 4.03. The zero-order valence-corrected chi connectivity index (χ0v) is 8.51. The highest BCUT2D eigenvalue weighted by molar-refractivity contribution is 5.84. The highest BCUT2D eigenvalue weighted by Crippen LogP contribution is 2.25. The first kappa shape index (κ1) is 9.51. The number of nitrogens with zero attached hydrogens (tertiary/aromatic N) is 3. The largest absolute Gasteiger partial charge is 0.384 e. The maximum absolute atomic E-state index is 5.80. The van der Waals surface area contributed by atoms with Gasteiger partial charge >= 0.3 is 0 Å². The summed E-state index contributed by atoms with van der Waals surface area (Å²) in [5.74, 6) is 0.902. The molecule has 1 aromatic heterocycles. The molecule has 15 heavy (non-hydrogen) atoms. The van der Waals surface area contributed by atoms with Gasteiger partial charge in [0.2, 0.25) is 0 Å². The lowest BCUT2D eigenvalue weighted by molar-refractivity contribution is 0.488. The van der Waals surface area contributed by atoms with Gasteiger partial charge in [-0.3, -0.25) is 5.01 Å². The molecule has 0 amide bonds. The van der Waals surface area contributed by atoms with Crippen molar-refractivity contribution in [2.24, 2.45) is 5.10 Å². The van der Waals surface area contributed by atoms with Crippen molar-refractivity contribution >= 4 is 23.4 Å². The Balaban J connectivity index is 2.38. The molecule has 1 aromatic rings. The van der Waals surface area contributed by atoms with E-state index in [0.717, 1.165) is 17.6 Å². The maximum Gasteiger partial charge on any atom is 0.133 e. The van der Waals surface area contributed by atoms with Gasteiger partial charge in [-0.2, -0.15) is 5.10 Å². The Kier molecular flexibility index (Phi) is 2.29. The number of nitrogens with two attached hydrogens (primary N) is 2. The molecule has 0 saturated heterocycles. The van der Waals surface area contributed by atoms with E-state index < -0.39 is 0 Å². The number of nitrogen functional groups attached to an aromatic ring is 2. The van der Waals surface area contributed by atoms with Crippen molar-refractivity contribution in [3.8, 4) is 0 Å². The summed E-state index contributed by atoms with van der Waals surface area (Å²) >= 11 is 0.